The van der Waals surface area contributed by atoms with Crippen LogP contribution in [0.2, 0.25) is 0 Å². The summed E-state index contributed by atoms with van der Waals surface area (Å²) in [5.74, 6) is -1.57. The van der Waals surface area contributed by atoms with E-state index in [-0.39, 0.29) is 29.6 Å². The van der Waals surface area contributed by atoms with Crippen LogP contribution in [-0.4, -0.2) is 47.0 Å². The summed E-state index contributed by atoms with van der Waals surface area (Å²) < 4.78 is 31.3. The summed E-state index contributed by atoms with van der Waals surface area (Å²) in [5, 5.41) is 3.01. The maximum absolute atomic E-state index is 15.2. The molecule has 0 radical (unpaired) electrons. The highest BCUT2D eigenvalue weighted by Crippen LogP contribution is 2.37. The first-order chi connectivity index (χ1) is 20.2. The number of carbonyl (C=O) groups is 1. The molecular weight excluding hydrogens is 538 g/mol. The molecule has 222 valence electrons. The number of hydrogen-bond donors (Lipinski definition) is 3. The van der Waals surface area contributed by atoms with E-state index in [9.17, 15) is 9.59 Å². The number of rotatable bonds is 8. The SMILES string of the molecule is CCC(c1cc(C(=O)NCC2CC2)ccc1C)c1ccc(=O)n(-c2c(F)cccc2F)c1N=C(N)N1CCC(N)CC1. The van der Waals surface area contributed by atoms with Crippen molar-refractivity contribution in [2.45, 2.75) is 57.9 Å². The standard InChI is InChI=1S/C32H38F2N6O2/c1-3-23(25-17-21(10-7-19(25)2)31(42)37-18-20-8-9-20)24-11-12-28(41)40(29-26(33)5-4-6-27(29)34)30(24)38-32(36)39-15-13-22(35)14-16-39/h4-7,10-12,17,20,22-23H,3,8-9,13-16,18,35H2,1-2H3,(H2,36,38)(H,37,42). The molecule has 5 N–H and O–H groups in total. The zero-order valence-corrected chi connectivity index (χ0v) is 24.1. The van der Waals surface area contributed by atoms with Crippen LogP contribution in [-0.2, 0) is 0 Å². The Morgan fingerprint density at radius 1 is 1.05 bits per heavy atom. The minimum atomic E-state index is -0.897. The van der Waals surface area contributed by atoms with Gasteiger partial charge in [-0.25, -0.2) is 8.78 Å². The highest BCUT2D eigenvalue weighted by molar-refractivity contribution is 5.94. The van der Waals surface area contributed by atoms with E-state index in [0.29, 0.717) is 43.1 Å². The second kappa shape index (κ2) is 12.4. The topological polar surface area (TPSA) is 119 Å². The molecule has 1 saturated carbocycles. The summed E-state index contributed by atoms with van der Waals surface area (Å²) >= 11 is 0. The Kier molecular flexibility index (Phi) is 8.72. The normalized spacial score (nSPS) is 16.9. The van der Waals surface area contributed by atoms with Crippen LogP contribution in [0.5, 0.6) is 0 Å². The number of aromatic nitrogens is 1. The minimum absolute atomic E-state index is 0.0497. The number of aryl methyl sites for hydroxylation is 1. The third kappa shape index (κ3) is 6.23. The molecule has 2 heterocycles. The van der Waals surface area contributed by atoms with Gasteiger partial charge in [-0.1, -0.05) is 19.1 Å². The van der Waals surface area contributed by atoms with E-state index >= 15 is 8.78 Å². The number of nitrogens with one attached hydrogen (secondary N) is 1. The van der Waals surface area contributed by atoms with E-state index in [1.807, 2.05) is 30.9 Å². The van der Waals surface area contributed by atoms with E-state index in [0.717, 1.165) is 53.5 Å². The van der Waals surface area contributed by atoms with Gasteiger partial charge in [0, 0.05) is 48.8 Å². The number of guanidine groups is 1. The molecule has 1 unspecified atom stereocenters. The Morgan fingerprint density at radius 3 is 2.38 bits per heavy atom. The molecule has 1 aromatic heterocycles. The number of halogens is 2. The summed E-state index contributed by atoms with van der Waals surface area (Å²) in [4.78, 5) is 32.8. The lowest BCUT2D eigenvalue weighted by Crippen LogP contribution is -2.46. The first-order valence-corrected chi connectivity index (χ1v) is 14.6. The van der Waals surface area contributed by atoms with Gasteiger partial charge < -0.3 is 21.7 Å². The van der Waals surface area contributed by atoms with Gasteiger partial charge in [0.05, 0.1) is 0 Å². The molecule has 1 atom stereocenters. The maximum Gasteiger partial charge on any atom is 0.256 e. The second-order valence-corrected chi connectivity index (χ2v) is 11.3. The predicted octanol–water partition coefficient (Wildman–Crippen LogP) is 4.48. The molecular formula is C32H38F2N6O2. The minimum Gasteiger partial charge on any atom is -0.369 e. The molecule has 1 saturated heterocycles. The van der Waals surface area contributed by atoms with Crippen molar-refractivity contribution in [1.82, 2.24) is 14.8 Å². The van der Waals surface area contributed by atoms with E-state index in [2.05, 4.69) is 5.32 Å². The number of nitrogens with two attached hydrogens (primary N) is 2. The number of nitrogens with zero attached hydrogens (tertiary/aromatic N) is 3. The van der Waals surface area contributed by atoms with Crippen LogP contribution in [0.3, 0.4) is 0 Å². The summed E-state index contributed by atoms with van der Waals surface area (Å²) in [7, 11) is 0. The zero-order chi connectivity index (χ0) is 30.0. The number of carbonyl (C=O) groups excluding carboxylic acids is 1. The number of likely N-dealkylation sites (tertiary alicyclic amines) is 1. The molecule has 2 aromatic carbocycles. The van der Waals surface area contributed by atoms with Crippen LogP contribution in [0, 0.1) is 24.5 Å². The predicted molar refractivity (Wildman–Crippen MR) is 160 cm³/mol. The molecule has 2 fully saturated rings. The molecule has 8 nitrogen and oxygen atoms in total. The van der Waals surface area contributed by atoms with E-state index in [4.69, 9.17) is 16.5 Å². The fourth-order valence-corrected chi connectivity index (χ4v) is 5.58. The van der Waals surface area contributed by atoms with Gasteiger partial charge in [0.2, 0.25) is 0 Å². The number of para-hydroxylation sites is 1. The van der Waals surface area contributed by atoms with Crippen molar-refractivity contribution >= 4 is 17.7 Å². The molecule has 0 spiro atoms. The fraction of sp³-hybridized carbons (Fsp3) is 0.406. The van der Waals surface area contributed by atoms with Gasteiger partial charge in [-0.2, -0.15) is 4.99 Å². The Hall–Kier alpha value is -4.05. The summed E-state index contributed by atoms with van der Waals surface area (Å²) in [6.07, 6.45) is 4.27. The van der Waals surface area contributed by atoms with Gasteiger partial charge in [0.1, 0.15) is 23.1 Å². The number of amides is 1. The average molecular weight is 577 g/mol. The number of benzene rings is 2. The Morgan fingerprint density at radius 2 is 1.74 bits per heavy atom. The number of piperidine rings is 1. The van der Waals surface area contributed by atoms with Crippen molar-refractivity contribution in [2.24, 2.45) is 22.4 Å². The quantitative estimate of drug-likeness (QED) is 0.270. The summed E-state index contributed by atoms with van der Waals surface area (Å²) in [6.45, 7) is 5.73. The lowest BCUT2D eigenvalue weighted by Gasteiger charge is -2.31. The van der Waals surface area contributed by atoms with Crippen LogP contribution < -0.4 is 22.3 Å². The second-order valence-electron chi connectivity index (χ2n) is 11.3. The van der Waals surface area contributed by atoms with Gasteiger partial charge in [0.15, 0.2) is 5.96 Å². The van der Waals surface area contributed by atoms with Crippen molar-refractivity contribution in [3.63, 3.8) is 0 Å². The average Bonchev–Trinajstić information content (AvgIpc) is 3.80. The summed E-state index contributed by atoms with van der Waals surface area (Å²) in [5.41, 5.74) is 14.3. The van der Waals surface area contributed by atoms with Crippen molar-refractivity contribution in [1.29, 1.82) is 0 Å². The molecule has 0 bridgehead atoms. The molecule has 3 aromatic rings. The van der Waals surface area contributed by atoms with Gasteiger partial charge in [-0.05, 0) is 86.4 Å². The molecule has 10 heteroatoms. The smallest absolute Gasteiger partial charge is 0.256 e. The fourth-order valence-electron chi connectivity index (χ4n) is 5.58. The highest BCUT2D eigenvalue weighted by Gasteiger charge is 2.27. The Bertz CT molecular complexity index is 1540. The molecule has 1 aliphatic heterocycles. The van der Waals surface area contributed by atoms with Gasteiger partial charge >= 0.3 is 0 Å². The highest BCUT2D eigenvalue weighted by atomic mass is 19.1. The lowest BCUT2D eigenvalue weighted by molar-refractivity contribution is 0.0951. The van der Waals surface area contributed by atoms with Crippen molar-refractivity contribution in [3.8, 4) is 5.69 Å². The van der Waals surface area contributed by atoms with E-state index in [1.165, 1.54) is 12.1 Å². The van der Waals surface area contributed by atoms with E-state index < -0.39 is 22.9 Å². The molecule has 42 heavy (non-hydrogen) atoms. The number of hydrogen-bond acceptors (Lipinski definition) is 4. The van der Waals surface area contributed by atoms with E-state index in [1.54, 1.807) is 12.1 Å². The van der Waals surface area contributed by atoms with Crippen molar-refractivity contribution in [3.05, 3.63) is 92.8 Å². The van der Waals surface area contributed by atoms with Gasteiger partial charge in [0.25, 0.3) is 11.5 Å². The number of aliphatic imine (C=N–C) groups is 1. The Balaban J connectivity index is 1.66. The number of pyridine rings is 1. The Labute approximate surface area is 244 Å². The first kappa shape index (κ1) is 29.4. The third-order valence-corrected chi connectivity index (χ3v) is 8.29. The van der Waals surface area contributed by atoms with Crippen molar-refractivity contribution < 1.29 is 13.6 Å². The van der Waals surface area contributed by atoms with Gasteiger partial charge in [-0.3, -0.25) is 14.2 Å². The third-order valence-electron chi connectivity index (χ3n) is 8.29. The van der Waals surface area contributed by atoms with Crippen LogP contribution in [0.1, 0.15) is 72.0 Å². The maximum atomic E-state index is 15.2. The largest absolute Gasteiger partial charge is 0.369 e. The molecule has 2 aliphatic rings. The monoisotopic (exact) mass is 576 g/mol. The van der Waals surface area contributed by atoms with Crippen LogP contribution in [0.4, 0.5) is 14.6 Å². The molecule has 5 rings (SSSR count). The molecule has 1 amide bonds. The van der Waals surface area contributed by atoms with Crippen LogP contribution in [0.25, 0.3) is 5.69 Å². The zero-order valence-electron chi connectivity index (χ0n) is 24.1. The van der Waals surface area contributed by atoms with Gasteiger partial charge in [-0.15, -0.1) is 0 Å². The van der Waals surface area contributed by atoms with Crippen LogP contribution in [0.15, 0.2) is 58.3 Å². The summed E-state index contributed by atoms with van der Waals surface area (Å²) in [6, 6.07) is 12.0. The van der Waals surface area contributed by atoms with Crippen molar-refractivity contribution in [2.75, 3.05) is 19.6 Å². The lowest BCUT2D eigenvalue weighted by atomic mass is 9.85. The molecule has 1 aliphatic carbocycles. The first-order valence-electron chi connectivity index (χ1n) is 14.6. The van der Waals surface area contributed by atoms with Crippen LogP contribution >= 0.6 is 0 Å².